The highest BCUT2D eigenvalue weighted by molar-refractivity contribution is 8.02. The van der Waals surface area contributed by atoms with Crippen molar-refractivity contribution in [2.75, 3.05) is 0 Å². The standard InChI is InChI=1S/C6H11NS/c1-5(2)6-7-3-4-8-6/h3-7H,1-2H3. The summed E-state index contributed by atoms with van der Waals surface area (Å²) in [6, 6.07) is 0. The Morgan fingerprint density at radius 1 is 1.62 bits per heavy atom. The minimum atomic E-state index is 0.620. The first-order valence-corrected chi connectivity index (χ1v) is 3.81. The Bertz CT molecular complexity index is 90.7. The van der Waals surface area contributed by atoms with E-state index in [0.717, 1.165) is 5.92 Å². The summed E-state index contributed by atoms with van der Waals surface area (Å²) >= 11 is 1.86. The second kappa shape index (κ2) is 2.44. The molecule has 2 heteroatoms. The van der Waals surface area contributed by atoms with Gasteiger partial charge in [0.1, 0.15) is 0 Å². The molecule has 0 fully saturated rings. The second-order valence-corrected chi connectivity index (χ2v) is 3.32. The lowest BCUT2D eigenvalue weighted by molar-refractivity contribution is 0.576. The molecule has 8 heavy (non-hydrogen) atoms. The Morgan fingerprint density at radius 3 is 2.62 bits per heavy atom. The third-order valence-corrected chi connectivity index (χ3v) is 2.43. The molecular weight excluding hydrogens is 118 g/mol. The lowest BCUT2D eigenvalue weighted by atomic mass is 10.2. The van der Waals surface area contributed by atoms with E-state index < -0.39 is 0 Å². The zero-order chi connectivity index (χ0) is 5.98. The molecule has 0 saturated heterocycles. The van der Waals surface area contributed by atoms with Gasteiger partial charge >= 0.3 is 0 Å². The molecule has 1 N–H and O–H groups in total. The Morgan fingerprint density at radius 2 is 2.38 bits per heavy atom. The highest BCUT2D eigenvalue weighted by Crippen LogP contribution is 2.21. The molecule has 0 bridgehead atoms. The monoisotopic (exact) mass is 129 g/mol. The number of hydrogen-bond acceptors (Lipinski definition) is 2. The molecule has 0 amide bonds. The van der Waals surface area contributed by atoms with Gasteiger partial charge in [-0.2, -0.15) is 0 Å². The highest BCUT2D eigenvalue weighted by atomic mass is 32.2. The van der Waals surface area contributed by atoms with Gasteiger partial charge in [0.05, 0.1) is 5.37 Å². The molecule has 0 spiro atoms. The van der Waals surface area contributed by atoms with Crippen LogP contribution in [-0.2, 0) is 0 Å². The van der Waals surface area contributed by atoms with Crippen LogP contribution in [0.15, 0.2) is 11.6 Å². The molecule has 1 unspecified atom stereocenters. The lowest BCUT2D eigenvalue weighted by Crippen LogP contribution is -2.21. The molecule has 0 aromatic heterocycles. The van der Waals surface area contributed by atoms with E-state index >= 15 is 0 Å². The largest absolute Gasteiger partial charge is 0.378 e. The fourth-order valence-corrected chi connectivity index (χ4v) is 1.44. The van der Waals surface area contributed by atoms with Crippen molar-refractivity contribution in [1.29, 1.82) is 0 Å². The van der Waals surface area contributed by atoms with E-state index in [9.17, 15) is 0 Å². The van der Waals surface area contributed by atoms with Gasteiger partial charge in [0.15, 0.2) is 0 Å². The maximum atomic E-state index is 3.24. The van der Waals surface area contributed by atoms with Gasteiger partial charge in [-0.25, -0.2) is 0 Å². The third-order valence-electron chi connectivity index (χ3n) is 1.16. The van der Waals surface area contributed by atoms with E-state index in [-0.39, 0.29) is 0 Å². The number of hydrogen-bond donors (Lipinski definition) is 1. The van der Waals surface area contributed by atoms with Crippen LogP contribution in [0.4, 0.5) is 0 Å². The van der Waals surface area contributed by atoms with Gasteiger partial charge in [-0.05, 0) is 11.3 Å². The lowest BCUT2D eigenvalue weighted by Gasteiger charge is -2.12. The smallest absolute Gasteiger partial charge is 0.0781 e. The van der Waals surface area contributed by atoms with Crippen LogP contribution in [0.2, 0.25) is 0 Å². The molecule has 0 aromatic carbocycles. The molecule has 0 aliphatic carbocycles. The maximum absolute atomic E-state index is 3.24. The first-order valence-electron chi connectivity index (χ1n) is 2.87. The summed E-state index contributed by atoms with van der Waals surface area (Å²) in [6.07, 6.45) is 2.01. The summed E-state index contributed by atoms with van der Waals surface area (Å²) < 4.78 is 0. The van der Waals surface area contributed by atoms with Gasteiger partial charge in [-0.1, -0.05) is 13.8 Å². The fourth-order valence-electron chi connectivity index (χ4n) is 0.647. The van der Waals surface area contributed by atoms with E-state index in [1.54, 1.807) is 0 Å². The van der Waals surface area contributed by atoms with E-state index in [2.05, 4.69) is 24.6 Å². The van der Waals surface area contributed by atoms with Crippen LogP contribution in [-0.4, -0.2) is 5.37 Å². The van der Waals surface area contributed by atoms with Crippen LogP contribution in [0.3, 0.4) is 0 Å². The molecular formula is C6H11NS. The quantitative estimate of drug-likeness (QED) is 0.579. The van der Waals surface area contributed by atoms with Crippen molar-refractivity contribution in [3.8, 4) is 0 Å². The van der Waals surface area contributed by atoms with Gasteiger partial charge in [-0.3, -0.25) is 0 Å². The predicted octanol–water partition coefficient (Wildman–Crippen LogP) is 1.78. The van der Waals surface area contributed by atoms with E-state index in [1.165, 1.54) is 0 Å². The van der Waals surface area contributed by atoms with Crippen LogP contribution in [0.5, 0.6) is 0 Å². The van der Waals surface area contributed by atoms with E-state index in [1.807, 2.05) is 18.0 Å². The Hall–Kier alpha value is -0.110. The zero-order valence-electron chi connectivity index (χ0n) is 5.22. The van der Waals surface area contributed by atoms with E-state index in [4.69, 9.17) is 0 Å². The van der Waals surface area contributed by atoms with Crippen LogP contribution in [0, 0.1) is 5.92 Å². The van der Waals surface area contributed by atoms with Crippen molar-refractivity contribution in [2.45, 2.75) is 19.2 Å². The molecule has 1 atom stereocenters. The Balaban J connectivity index is 2.29. The molecule has 0 radical (unpaired) electrons. The molecule has 1 aliphatic rings. The van der Waals surface area contributed by atoms with Crippen LogP contribution < -0.4 is 5.32 Å². The van der Waals surface area contributed by atoms with E-state index in [0.29, 0.717) is 5.37 Å². The van der Waals surface area contributed by atoms with Crippen LogP contribution >= 0.6 is 11.8 Å². The first kappa shape index (κ1) is 6.02. The summed E-state index contributed by atoms with van der Waals surface area (Å²) in [4.78, 5) is 0. The summed E-state index contributed by atoms with van der Waals surface area (Å²) in [5.41, 5.74) is 0. The average Bonchev–Trinajstić information content (AvgIpc) is 2.12. The second-order valence-electron chi connectivity index (χ2n) is 2.27. The van der Waals surface area contributed by atoms with Crippen molar-refractivity contribution in [2.24, 2.45) is 5.92 Å². The van der Waals surface area contributed by atoms with Gasteiger partial charge in [0.25, 0.3) is 0 Å². The maximum Gasteiger partial charge on any atom is 0.0781 e. The molecule has 1 nitrogen and oxygen atoms in total. The van der Waals surface area contributed by atoms with Crippen LogP contribution in [0.1, 0.15) is 13.8 Å². The topological polar surface area (TPSA) is 12.0 Å². The Kier molecular flexibility index (Phi) is 1.84. The fraction of sp³-hybridized carbons (Fsp3) is 0.667. The molecule has 1 heterocycles. The number of thioether (sulfide) groups is 1. The molecule has 1 rings (SSSR count). The van der Waals surface area contributed by atoms with Gasteiger partial charge in [-0.15, -0.1) is 11.8 Å². The average molecular weight is 129 g/mol. The van der Waals surface area contributed by atoms with Crippen molar-refractivity contribution in [3.63, 3.8) is 0 Å². The predicted molar refractivity (Wildman–Crippen MR) is 38.5 cm³/mol. The highest BCUT2D eigenvalue weighted by Gasteiger charge is 2.12. The number of rotatable bonds is 1. The Labute approximate surface area is 54.5 Å². The summed E-state index contributed by atoms with van der Waals surface area (Å²) in [6.45, 7) is 4.44. The zero-order valence-corrected chi connectivity index (χ0v) is 6.03. The van der Waals surface area contributed by atoms with Crippen molar-refractivity contribution in [3.05, 3.63) is 11.6 Å². The minimum Gasteiger partial charge on any atom is -0.378 e. The third kappa shape index (κ3) is 1.19. The van der Waals surface area contributed by atoms with Crippen molar-refractivity contribution < 1.29 is 0 Å². The normalized spacial score (nSPS) is 26.6. The summed E-state index contributed by atoms with van der Waals surface area (Å²) in [5.74, 6) is 0.731. The summed E-state index contributed by atoms with van der Waals surface area (Å²) in [7, 11) is 0. The van der Waals surface area contributed by atoms with Gasteiger partial charge in [0, 0.05) is 6.20 Å². The van der Waals surface area contributed by atoms with Crippen molar-refractivity contribution >= 4 is 11.8 Å². The SMILES string of the molecule is CC(C)C1NC=CS1. The molecule has 1 aliphatic heterocycles. The van der Waals surface area contributed by atoms with Crippen molar-refractivity contribution in [1.82, 2.24) is 5.32 Å². The van der Waals surface area contributed by atoms with Gasteiger partial charge < -0.3 is 5.32 Å². The minimum absolute atomic E-state index is 0.620. The first-order chi connectivity index (χ1) is 3.80. The van der Waals surface area contributed by atoms with Crippen LogP contribution in [0.25, 0.3) is 0 Å². The number of nitrogens with one attached hydrogen (secondary N) is 1. The molecule has 0 saturated carbocycles. The molecule has 46 valence electrons. The summed E-state index contributed by atoms with van der Waals surface area (Å²) in [5, 5.41) is 5.96. The van der Waals surface area contributed by atoms with Gasteiger partial charge in [0.2, 0.25) is 0 Å². The molecule has 0 aromatic rings.